The molecule has 1 fully saturated rings. The van der Waals surface area contributed by atoms with Crippen LogP contribution in [-0.2, 0) is 18.4 Å². The van der Waals surface area contributed by atoms with Crippen molar-refractivity contribution in [2.24, 2.45) is 0 Å². The molecule has 0 aromatic heterocycles. The lowest BCUT2D eigenvalue weighted by molar-refractivity contribution is -0.131. The molecule has 0 bridgehead atoms. The zero-order valence-electron chi connectivity index (χ0n) is 14.6. The minimum absolute atomic E-state index is 0.145. The fraction of sp³-hybridized carbons (Fsp3) is 0.611. The summed E-state index contributed by atoms with van der Waals surface area (Å²) in [6.07, 6.45) is 4.24. The molecule has 0 spiro atoms. The van der Waals surface area contributed by atoms with Gasteiger partial charge in [-0.25, -0.2) is 0 Å². The van der Waals surface area contributed by atoms with Crippen LogP contribution >= 0.6 is 7.60 Å². The number of rotatable bonds is 7. The highest BCUT2D eigenvalue weighted by atomic mass is 31.2. The maximum Gasteiger partial charge on any atom is 0.347 e. The molecule has 1 saturated heterocycles. The number of benzene rings is 1. The van der Waals surface area contributed by atoms with E-state index in [9.17, 15) is 9.36 Å². The number of carbonyl (C=O) groups is 1. The maximum atomic E-state index is 13.4. The van der Waals surface area contributed by atoms with E-state index in [0.29, 0.717) is 18.7 Å². The predicted molar refractivity (Wildman–Crippen MR) is 95.1 cm³/mol. The second-order valence-electron chi connectivity index (χ2n) is 5.93. The van der Waals surface area contributed by atoms with Gasteiger partial charge in [0, 0.05) is 13.1 Å². The monoisotopic (exact) mass is 353 g/mol. The Hall–Kier alpha value is -1.16. The highest BCUT2D eigenvalue weighted by molar-refractivity contribution is 7.55. The molecule has 1 atom stereocenters. The van der Waals surface area contributed by atoms with E-state index in [1.807, 2.05) is 35.2 Å². The van der Waals surface area contributed by atoms with Gasteiger partial charge in [0.05, 0.1) is 13.2 Å². The SMILES string of the molecule is CCOP(=O)(OCC)C(C(=O)N1CCCCCC1)c1ccccc1. The molecule has 134 valence electrons. The zero-order chi connectivity index (χ0) is 17.4. The number of hydrogen-bond donors (Lipinski definition) is 0. The molecule has 0 N–H and O–H groups in total. The van der Waals surface area contributed by atoms with Gasteiger partial charge in [-0.2, -0.15) is 0 Å². The summed E-state index contributed by atoms with van der Waals surface area (Å²) >= 11 is 0. The van der Waals surface area contributed by atoms with Crippen molar-refractivity contribution in [3.8, 4) is 0 Å². The van der Waals surface area contributed by atoms with E-state index >= 15 is 0 Å². The Kier molecular flexibility index (Phi) is 7.47. The van der Waals surface area contributed by atoms with Crippen molar-refractivity contribution in [2.45, 2.75) is 45.2 Å². The van der Waals surface area contributed by atoms with Gasteiger partial charge in [0.2, 0.25) is 5.91 Å². The Labute approximate surface area is 144 Å². The number of carbonyl (C=O) groups excluding carboxylic acids is 1. The van der Waals surface area contributed by atoms with E-state index in [4.69, 9.17) is 9.05 Å². The van der Waals surface area contributed by atoms with Gasteiger partial charge in [-0.3, -0.25) is 9.36 Å². The summed E-state index contributed by atoms with van der Waals surface area (Å²) in [7, 11) is -3.58. The highest BCUT2D eigenvalue weighted by Gasteiger charge is 2.44. The van der Waals surface area contributed by atoms with Gasteiger partial charge in [0.1, 0.15) is 0 Å². The van der Waals surface area contributed by atoms with Crippen molar-refractivity contribution in [3.05, 3.63) is 35.9 Å². The van der Waals surface area contributed by atoms with Crippen LogP contribution in [0.4, 0.5) is 0 Å². The first-order valence-electron chi connectivity index (χ1n) is 8.85. The third-order valence-corrected chi connectivity index (χ3v) is 6.59. The van der Waals surface area contributed by atoms with Crippen molar-refractivity contribution < 1.29 is 18.4 Å². The van der Waals surface area contributed by atoms with Crippen LogP contribution in [0.1, 0.15) is 50.8 Å². The van der Waals surface area contributed by atoms with E-state index in [0.717, 1.165) is 25.7 Å². The van der Waals surface area contributed by atoms with Gasteiger partial charge in [0.25, 0.3) is 0 Å². The van der Waals surface area contributed by atoms with E-state index in [2.05, 4.69) is 0 Å². The van der Waals surface area contributed by atoms with Crippen LogP contribution in [0, 0.1) is 0 Å². The molecule has 1 aliphatic heterocycles. The normalized spacial score (nSPS) is 17.3. The van der Waals surface area contributed by atoms with Crippen LogP contribution in [0.15, 0.2) is 30.3 Å². The number of amides is 1. The fourth-order valence-electron chi connectivity index (χ4n) is 3.11. The fourth-order valence-corrected chi connectivity index (χ4v) is 5.17. The summed E-state index contributed by atoms with van der Waals surface area (Å²) in [5.41, 5.74) is -0.200. The lowest BCUT2D eigenvalue weighted by atomic mass is 10.1. The smallest absolute Gasteiger partial charge is 0.342 e. The van der Waals surface area contributed by atoms with Gasteiger partial charge in [0.15, 0.2) is 5.66 Å². The van der Waals surface area contributed by atoms with E-state index in [1.165, 1.54) is 0 Å². The summed E-state index contributed by atoms with van der Waals surface area (Å²) < 4.78 is 24.4. The average molecular weight is 353 g/mol. The topological polar surface area (TPSA) is 55.8 Å². The maximum absolute atomic E-state index is 13.4. The Morgan fingerprint density at radius 3 is 2.08 bits per heavy atom. The molecule has 0 saturated carbocycles. The van der Waals surface area contributed by atoms with Crippen molar-refractivity contribution in [2.75, 3.05) is 26.3 Å². The van der Waals surface area contributed by atoms with Crippen LogP contribution < -0.4 is 0 Å². The van der Waals surface area contributed by atoms with Crippen molar-refractivity contribution >= 4 is 13.5 Å². The Morgan fingerprint density at radius 1 is 1.04 bits per heavy atom. The first kappa shape index (κ1) is 19.2. The second-order valence-corrected chi connectivity index (χ2v) is 8.04. The second kappa shape index (κ2) is 9.36. The Morgan fingerprint density at radius 2 is 1.58 bits per heavy atom. The summed E-state index contributed by atoms with van der Waals surface area (Å²) in [6.45, 7) is 5.44. The molecule has 1 aliphatic rings. The molecular formula is C18H28NO4P. The molecule has 1 aromatic rings. The van der Waals surface area contributed by atoms with Gasteiger partial charge in [-0.1, -0.05) is 43.2 Å². The molecule has 1 unspecified atom stereocenters. The molecule has 5 nitrogen and oxygen atoms in total. The molecular weight excluding hydrogens is 325 g/mol. The minimum atomic E-state index is -3.58. The first-order valence-corrected chi connectivity index (χ1v) is 10.5. The molecule has 24 heavy (non-hydrogen) atoms. The van der Waals surface area contributed by atoms with Crippen LogP contribution in [0.5, 0.6) is 0 Å². The van der Waals surface area contributed by atoms with Gasteiger partial charge in [-0.05, 0) is 32.3 Å². The van der Waals surface area contributed by atoms with Crippen molar-refractivity contribution in [3.63, 3.8) is 0 Å². The number of nitrogens with zero attached hydrogens (tertiary/aromatic N) is 1. The standard InChI is InChI=1S/C18H28NO4P/c1-3-22-24(21,23-4-2)17(16-12-8-7-9-13-16)18(20)19-14-10-5-6-11-15-19/h7-9,12-13,17H,3-6,10-11,14-15H2,1-2H3. The van der Waals surface area contributed by atoms with Crippen molar-refractivity contribution in [1.82, 2.24) is 4.90 Å². The van der Waals surface area contributed by atoms with Crippen LogP contribution in [-0.4, -0.2) is 37.1 Å². The van der Waals surface area contributed by atoms with Crippen LogP contribution in [0.25, 0.3) is 0 Å². The molecule has 1 heterocycles. The summed E-state index contributed by atoms with van der Waals surface area (Å²) in [6, 6.07) is 9.22. The predicted octanol–water partition coefficient (Wildman–Crippen LogP) is 4.40. The van der Waals surface area contributed by atoms with Crippen LogP contribution in [0.3, 0.4) is 0 Å². The number of hydrogen-bond acceptors (Lipinski definition) is 4. The molecule has 2 rings (SSSR count). The van der Waals surface area contributed by atoms with Gasteiger partial charge in [-0.15, -0.1) is 0 Å². The minimum Gasteiger partial charge on any atom is -0.342 e. The molecule has 6 heteroatoms. The van der Waals surface area contributed by atoms with Gasteiger partial charge < -0.3 is 13.9 Å². The van der Waals surface area contributed by atoms with Gasteiger partial charge >= 0.3 is 7.60 Å². The highest BCUT2D eigenvalue weighted by Crippen LogP contribution is 2.61. The lowest BCUT2D eigenvalue weighted by Crippen LogP contribution is -2.36. The third kappa shape index (κ3) is 4.69. The molecule has 1 aromatic carbocycles. The summed E-state index contributed by atoms with van der Waals surface area (Å²) in [5, 5.41) is 0. The summed E-state index contributed by atoms with van der Waals surface area (Å²) in [4.78, 5) is 15.1. The van der Waals surface area contributed by atoms with Crippen molar-refractivity contribution in [1.29, 1.82) is 0 Å². The Bertz CT molecular complexity index is 545. The molecule has 0 aliphatic carbocycles. The van der Waals surface area contributed by atoms with E-state index < -0.39 is 13.3 Å². The van der Waals surface area contributed by atoms with E-state index in [-0.39, 0.29) is 19.1 Å². The first-order chi connectivity index (χ1) is 11.6. The largest absolute Gasteiger partial charge is 0.347 e. The Balaban J connectivity index is 2.38. The third-order valence-electron chi connectivity index (χ3n) is 4.20. The van der Waals surface area contributed by atoms with E-state index in [1.54, 1.807) is 13.8 Å². The quantitative estimate of drug-likeness (QED) is 0.682. The zero-order valence-corrected chi connectivity index (χ0v) is 15.5. The average Bonchev–Trinajstić information content (AvgIpc) is 2.85. The number of likely N-dealkylation sites (tertiary alicyclic amines) is 1. The molecule has 0 radical (unpaired) electrons. The lowest BCUT2D eigenvalue weighted by Gasteiger charge is -2.30. The molecule has 1 amide bonds. The van der Waals surface area contributed by atoms with Crippen LogP contribution in [0.2, 0.25) is 0 Å². The summed E-state index contributed by atoms with van der Waals surface area (Å²) in [5.74, 6) is -0.145.